The molecule has 0 radical (unpaired) electrons. The number of nitrogens with zero attached hydrogens (tertiary/aromatic N) is 2. The van der Waals surface area contributed by atoms with Gasteiger partial charge in [-0.25, -0.2) is 14.6 Å². The van der Waals surface area contributed by atoms with Gasteiger partial charge in [-0.3, -0.25) is 0 Å². The third kappa shape index (κ3) is 5.82. The SMILES string of the molecule is COC(=O)c1nc(C(O)C(O)CCNC(=O)OC(C)(C)C)cn1C. The van der Waals surface area contributed by atoms with Gasteiger partial charge in [-0.05, 0) is 27.2 Å². The summed E-state index contributed by atoms with van der Waals surface area (Å²) in [5.74, 6) is -0.623. The number of ether oxygens (including phenoxy) is 2. The summed E-state index contributed by atoms with van der Waals surface area (Å²) in [6.45, 7) is 5.34. The maximum absolute atomic E-state index is 11.5. The zero-order valence-electron chi connectivity index (χ0n) is 14.6. The summed E-state index contributed by atoms with van der Waals surface area (Å²) < 4.78 is 11.0. The fraction of sp³-hybridized carbons (Fsp3) is 0.667. The van der Waals surface area contributed by atoms with Crippen LogP contribution in [-0.4, -0.2) is 57.2 Å². The first-order valence-corrected chi connectivity index (χ1v) is 7.49. The quantitative estimate of drug-likeness (QED) is 0.643. The number of carbonyl (C=O) groups is 2. The fourth-order valence-corrected chi connectivity index (χ4v) is 1.90. The predicted molar refractivity (Wildman–Crippen MR) is 84.4 cm³/mol. The van der Waals surface area contributed by atoms with Crippen molar-refractivity contribution in [3.63, 3.8) is 0 Å². The van der Waals surface area contributed by atoms with Crippen LogP contribution in [0.3, 0.4) is 0 Å². The van der Waals surface area contributed by atoms with Crippen molar-refractivity contribution in [2.45, 2.75) is 45.0 Å². The number of alkyl carbamates (subject to hydrolysis) is 1. The molecule has 0 aliphatic heterocycles. The molecule has 1 rings (SSSR count). The molecule has 9 heteroatoms. The number of rotatable bonds is 6. The molecule has 9 nitrogen and oxygen atoms in total. The Bertz CT molecular complexity index is 578. The third-order valence-electron chi connectivity index (χ3n) is 3.04. The number of amides is 1. The number of aliphatic hydroxyl groups excluding tert-OH is 2. The predicted octanol–water partition coefficient (Wildman–Crippen LogP) is 0.516. The average Bonchev–Trinajstić information content (AvgIpc) is 2.85. The molecular weight excluding hydrogens is 318 g/mol. The lowest BCUT2D eigenvalue weighted by molar-refractivity contribution is 0.00998. The Morgan fingerprint density at radius 2 is 2.00 bits per heavy atom. The van der Waals surface area contributed by atoms with Crippen molar-refractivity contribution in [3.05, 3.63) is 17.7 Å². The van der Waals surface area contributed by atoms with Gasteiger partial charge in [-0.15, -0.1) is 0 Å². The lowest BCUT2D eigenvalue weighted by Gasteiger charge is -2.20. The molecule has 0 aliphatic carbocycles. The Labute approximate surface area is 140 Å². The summed E-state index contributed by atoms with van der Waals surface area (Å²) in [5.41, 5.74) is -0.469. The van der Waals surface area contributed by atoms with Gasteiger partial charge in [0.2, 0.25) is 5.82 Å². The van der Waals surface area contributed by atoms with Crippen LogP contribution in [0.5, 0.6) is 0 Å². The van der Waals surface area contributed by atoms with E-state index >= 15 is 0 Å². The molecule has 0 saturated carbocycles. The summed E-state index contributed by atoms with van der Waals surface area (Å²) in [6.07, 6.45) is -1.54. The molecule has 0 bridgehead atoms. The van der Waals surface area contributed by atoms with E-state index in [0.717, 1.165) is 0 Å². The van der Waals surface area contributed by atoms with Gasteiger partial charge in [0.1, 0.15) is 11.7 Å². The molecule has 1 heterocycles. The van der Waals surface area contributed by atoms with E-state index in [9.17, 15) is 19.8 Å². The van der Waals surface area contributed by atoms with Crippen molar-refractivity contribution in [1.82, 2.24) is 14.9 Å². The lowest BCUT2D eigenvalue weighted by atomic mass is 10.1. The van der Waals surface area contributed by atoms with Crippen LogP contribution in [-0.2, 0) is 16.5 Å². The van der Waals surface area contributed by atoms with E-state index in [1.165, 1.54) is 17.9 Å². The highest BCUT2D eigenvalue weighted by molar-refractivity contribution is 5.85. The number of nitrogens with one attached hydrogen (secondary N) is 1. The van der Waals surface area contributed by atoms with Gasteiger partial charge in [0.05, 0.1) is 18.9 Å². The molecule has 1 aromatic rings. The number of methoxy groups -OCH3 is 1. The van der Waals surface area contributed by atoms with Crippen LogP contribution in [0.15, 0.2) is 6.20 Å². The standard InChI is InChI=1S/C15H25N3O6/c1-15(2,3)24-14(22)16-7-6-10(19)11(20)9-8-18(4)12(17-9)13(21)23-5/h8,10-11,19-20H,6-7H2,1-5H3,(H,16,22). The number of aliphatic hydroxyl groups is 2. The molecule has 0 fully saturated rings. The second kappa shape index (κ2) is 8.11. The molecule has 2 unspecified atom stereocenters. The maximum atomic E-state index is 11.5. The van der Waals surface area contributed by atoms with Gasteiger partial charge in [-0.2, -0.15) is 0 Å². The van der Waals surface area contributed by atoms with Gasteiger partial charge >= 0.3 is 12.1 Å². The van der Waals surface area contributed by atoms with E-state index in [4.69, 9.17) is 4.74 Å². The minimum atomic E-state index is -1.30. The van der Waals surface area contributed by atoms with Crippen LogP contribution in [0.25, 0.3) is 0 Å². The Balaban J connectivity index is 2.55. The third-order valence-corrected chi connectivity index (χ3v) is 3.04. The number of carbonyl (C=O) groups excluding carboxylic acids is 2. The summed E-state index contributed by atoms with van der Waals surface area (Å²) in [7, 11) is 2.80. The maximum Gasteiger partial charge on any atom is 0.407 e. The van der Waals surface area contributed by atoms with Crippen LogP contribution in [0.2, 0.25) is 0 Å². The van der Waals surface area contributed by atoms with Gasteiger partial charge in [0.15, 0.2) is 0 Å². The molecule has 3 N–H and O–H groups in total. The molecule has 136 valence electrons. The van der Waals surface area contributed by atoms with Gasteiger partial charge in [0.25, 0.3) is 0 Å². The second-order valence-electron chi connectivity index (χ2n) is 6.32. The number of hydrogen-bond donors (Lipinski definition) is 3. The molecule has 0 aliphatic rings. The number of imidazole rings is 1. The van der Waals surface area contributed by atoms with E-state index in [-0.39, 0.29) is 24.5 Å². The van der Waals surface area contributed by atoms with Crippen LogP contribution >= 0.6 is 0 Å². The van der Waals surface area contributed by atoms with Crippen molar-refractivity contribution in [3.8, 4) is 0 Å². The highest BCUT2D eigenvalue weighted by atomic mass is 16.6. The van der Waals surface area contributed by atoms with Crippen LogP contribution in [0.1, 0.15) is 49.6 Å². The number of esters is 1. The van der Waals surface area contributed by atoms with Crippen molar-refractivity contribution in [2.75, 3.05) is 13.7 Å². The Morgan fingerprint density at radius 1 is 1.38 bits per heavy atom. The Morgan fingerprint density at radius 3 is 2.54 bits per heavy atom. The van der Waals surface area contributed by atoms with Crippen molar-refractivity contribution >= 4 is 12.1 Å². The zero-order valence-corrected chi connectivity index (χ0v) is 14.6. The Kier molecular flexibility index (Phi) is 6.73. The van der Waals surface area contributed by atoms with E-state index < -0.39 is 29.9 Å². The summed E-state index contributed by atoms with van der Waals surface area (Å²) in [4.78, 5) is 26.9. The van der Waals surface area contributed by atoms with Crippen LogP contribution < -0.4 is 5.32 Å². The van der Waals surface area contributed by atoms with Crippen molar-refractivity contribution in [1.29, 1.82) is 0 Å². The van der Waals surface area contributed by atoms with Gasteiger partial charge < -0.3 is 29.6 Å². The largest absolute Gasteiger partial charge is 0.463 e. The topological polar surface area (TPSA) is 123 Å². The first kappa shape index (κ1) is 19.9. The molecule has 2 atom stereocenters. The van der Waals surface area contributed by atoms with E-state index in [1.54, 1.807) is 27.8 Å². The van der Waals surface area contributed by atoms with E-state index in [0.29, 0.717) is 0 Å². The fourth-order valence-electron chi connectivity index (χ4n) is 1.90. The number of aryl methyl sites for hydroxylation is 1. The molecule has 0 spiro atoms. The summed E-state index contributed by atoms with van der Waals surface area (Å²) in [6, 6.07) is 0. The highest BCUT2D eigenvalue weighted by Gasteiger charge is 2.24. The van der Waals surface area contributed by atoms with Crippen molar-refractivity contribution < 1.29 is 29.3 Å². The molecule has 1 amide bonds. The first-order valence-electron chi connectivity index (χ1n) is 7.49. The molecule has 0 saturated heterocycles. The minimum Gasteiger partial charge on any atom is -0.463 e. The highest BCUT2D eigenvalue weighted by Crippen LogP contribution is 2.18. The number of aromatic nitrogens is 2. The summed E-state index contributed by atoms with van der Waals surface area (Å²) in [5, 5.41) is 22.6. The van der Waals surface area contributed by atoms with E-state index in [1.807, 2.05) is 0 Å². The molecule has 24 heavy (non-hydrogen) atoms. The number of hydrogen-bond acceptors (Lipinski definition) is 7. The second-order valence-corrected chi connectivity index (χ2v) is 6.32. The summed E-state index contributed by atoms with van der Waals surface area (Å²) >= 11 is 0. The molecule has 0 aromatic carbocycles. The van der Waals surface area contributed by atoms with E-state index in [2.05, 4.69) is 15.0 Å². The van der Waals surface area contributed by atoms with Gasteiger partial charge in [0, 0.05) is 19.8 Å². The molecular formula is C15H25N3O6. The smallest absolute Gasteiger partial charge is 0.407 e. The van der Waals surface area contributed by atoms with Crippen LogP contribution in [0, 0.1) is 0 Å². The monoisotopic (exact) mass is 343 g/mol. The Hall–Kier alpha value is -2.13. The van der Waals surface area contributed by atoms with Gasteiger partial charge in [-0.1, -0.05) is 0 Å². The molecule has 1 aromatic heterocycles. The van der Waals surface area contributed by atoms with Crippen LogP contribution in [0.4, 0.5) is 4.79 Å². The van der Waals surface area contributed by atoms with Crippen molar-refractivity contribution in [2.24, 2.45) is 7.05 Å². The average molecular weight is 343 g/mol. The zero-order chi connectivity index (χ0) is 18.5. The first-order chi connectivity index (χ1) is 11.0. The minimum absolute atomic E-state index is 0.0191. The lowest BCUT2D eigenvalue weighted by Crippen LogP contribution is -2.34. The normalized spacial score (nSPS) is 14.0.